The van der Waals surface area contributed by atoms with Crippen LogP contribution in [0.15, 0.2) is 0 Å². The monoisotopic (exact) mass is 276 g/mol. The van der Waals surface area contributed by atoms with Crippen LogP contribution in [0.3, 0.4) is 0 Å². The SMILES string of the molecule is CCCCOCCCCOC(CC)(CO)OC(C)C. The lowest BCUT2D eigenvalue weighted by molar-refractivity contribution is -0.271. The average molecular weight is 276 g/mol. The van der Waals surface area contributed by atoms with Crippen LogP contribution in [0.2, 0.25) is 0 Å². The van der Waals surface area contributed by atoms with E-state index in [0.29, 0.717) is 13.0 Å². The molecule has 4 nitrogen and oxygen atoms in total. The highest BCUT2D eigenvalue weighted by molar-refractivity contribution is 4.67. The van der Waals surface area contributed by atoms with Crippen LogP contribution in [-0.4, -0.2) is 43.4 Å². The number of aliphatic hydroxyl groups excluding tert-OH is 1. The molecule has 0 spiro atoms. The first-order valence-electron chi connectivity index (χ1n) is 7.60. The molecule has 19 heavy (non-hydrogen) atoms. The van der Waals surface area contributed by atoms with Crippen LogP contribution >= 0.6 is 0 Å². The van der Waals surface area contributed by atoms with Crippen molar-refractivity contribution in [3.05, 3.63) is 0 Å². The molecule has 0 aliphatic carbocycles. The molecule has 0 aliphatic heterocycles. The summed E-state index contributed by atoms with van der Waals surface area (Å²) in [5.41, 5.74) is 0. The average Bonchev–Trinajstić information content (AvgIpc) is 2.40. The zero-order valence-electron chi connectivity index (χ0n) is 13.1. The Bertz CT molecular complexity index is 191. The van der Waals surface area contributed by atoms with Crippen molar-refractivity contribution in [1.29, 1.82) is 0 Å². The summed E-state index contributed by atoms with van der Waals surface area (Å²) in [4.78, 5) is 0. The van der Waals surface area contributed by atoms with Crippen molar-refractivity contribution in [3.8, 4) is 0 Å². The molecular weight excluding hydrogens is 244 g/mol. The van der Waals surface area contributed by atoms with Gasteiger partial charge in [0.25, 0.3) is 0 Å². The zero-order chi connectivity index (χ0) is 14.6. The predicted octanol–water partition coefficient (Wildman–Crippen LogP) is 3.12. The van der Waals surface area contributed by atoms with Gasteiger partial charge in [-0.3, -0.25) is 0 Å². The third kappa shape index (κ3) is 9.38. The Labute approximate surface area is 118 Å². The van der Waals surface area contributed by atoms with Crippen LogP contribution in [0, 0.1) is 0 Å². The highest BCUT2D eigenvalue weighted by Crippen LogP contribution is 2.20. The van der Waals surface area contributed by atoms with Gasteiger partial charge in [-0.2, -0.15) is 0 Å². The maximum absolute atomic E-state index is 9.45. The van der Waals surface area contributed by atoms with Crippen molar-refractivity contribution in [2.24, 2.45) is 0 Å². The maximum atomic E-state index is 9.45. The van der Waals surface area contributed by atoms with E-state index in [9.17, 15) is 5.11 Å². The summed E-state index contributed by atoms with van der Waals surface area (Å²) in [6, 6.07) is 0. The molecule has 4 heteroatoms. The lowest BCUT2D eigenvalue weighted by Gasteiger charge is -2.32. The second-order valence-corrected chi connectivity index (χ2v) is 5.11. The van der Waals surface area contributed by atoms with Gasteiger partial charge < -0.3 is 19.3 Å². The summed E-state index contributed by atoms with van der Waals surface area (Å²) >= 11 is 0. The van der Waals surface area contributed by atoms with E-state index >= 15 is 0 Å². The fourth-order valence-electron chi connectivity index (χ4n) is 1.76. The van der Waals surface area contributed by atoms with Crippen molar-refractivity contribution in [2.45, 2.75) is 71.7 Å². The van der Waals surface area contributed by atoms with Gasteiger partial charge in [0.2, 0.25) is 0 Å². The van der Waals surface area contributed by atoms with Gasteiger partial charge in [-0.15, -0.1) is 0 Å². The second-order valence-electron chi connectivity index (χ2n) is 5.11. The molecule has 0 rings (SSSR count). The summed E-state index contributed by atoms with van der Waals surface area (Å²) in [6.45, 7) is 10.1. The van der Waals surface area contributed by atoms with E-state index in [1.54, 1.807) is 0 Å². The minimum absolute atomic E-state index is 0.0458. The van der Waals surface area contributed by atoms with Crippen molar-refractivity contribution < 1.29 is 19.3 Å². The Morgan fingerprint density at radius 3 is 2.16 bits per heavy atom. The number of ether oxygens (including phenoxy) is 3. The fourth-order valence-corrected chi connectivity index (χ4v) is 1.76. The van der Waals surface area contributed by atoms with E-state index < -0.39 is 5.79 Å². The summed E-state index contributed by atoms with van der Waals surface area (Å²) in [7, 11) is 0. The maximum Gasteiger partial charge on any atom is 0.191 e. The predicted molar refractivity (Wildman–Crippen MR) is 77.2 cm³/mol. The molecule has 0 saturated carbocycles. The van der Waals surface area contributed by atoms with Crippen LogP contribution in [0.4, 0.5) is 0 Å². The summed E-state index contributed by atoms with van der Waals surface area (Å²) in [5, 5.41) is 9.45. The normalized spacial score (nSPS) is 14.8. The molecule has 0 saturated heterocycles. The highest BCUT2D eigenvalue weighted by atomic mass is 16.7. The Morgan fingerprint density at radius 1 is 1.00 bits per heavy atom. The smallest absolute Gasteiger partial charge is 0.191 e. The number of rotatable bonds is 13. The molecule has 116 valence electrons. The minimum atomic E-state index is -0.836. The van der Waals surface area contributed by atoms with E-state index in [2.05, 4.69) is 6.92 Å². The third-order valence-corrected chi connectivity index (χ3v) is 2.92. The standard InChI is InChI=1S/C15H32O4/c1-5-7-10-17-11-8-9-12-18-15(6-2,13-16)19-14(3)4/h14,16H,5-13H2,1-4H3. The van der Waals surface area contributed by atoms with Crippen LogP contribution in [-0.2, 0) is 14.2 Å². The summed E-state index contributed by atoms with van der Waals surface area (Å²) in [6.07, 6.45) is 4.90. The van der Waals surface area contributed by atoms with Gasteiger partial charge in [-0.05, 0) is 33.1 Å². The van der Waals surface area contributed by atoms with Gasteiger partial charge in [-0.1, -0.05) is 20.3 Å². The second kappa shape index (κ2) is 11.6. The molecule has 0 aromatic heterocycles. The van der Waals surface area contributed by atoms with Gasteiger partial charge in [0.05, 0.1) is 19.3 Å². The lowest BCUT2D eigenvalue weighted by Crippen LogP contribution is -2.41. The Hall–Kier alpha value is -0.160. The summed E-state index contributed by atoms with van der Waals surface area (Å²) < 4.78 is 16.9. The molecule has 0 heterocycles. The van der Waals surface area contributed by atoms with E-state index in [4.69, 9.17) is 14.2 Å². The first-order chi connectivity index (χ1) is 9.10. The molecule has 0 bridgehead atoms. The molecule has 1 unspecified atom stereocenters. The first-order valence-corrected chi connectivity index (χ1v) is 7.60. The topological polar surface area (TPSA) is 47.9 Å². The Balaban J connectivity index is 3.70. The van der Waals surface area contributed by atoms with Gasteiger partial charge >= 0.3 is 0 Å². The molecule has 0 fully saturated rings. The number of hydrogen-bond donors (Lipinski definition) is 1. The number of hydrogen-bond acceptors (Lipinski definition) is 4. The molecule has 0 aliphatic rings. The van der Waals surface area contributed by atoms with Crippen LogP contribution in [0.1, 0.15) is 59.8 Å². The quantitative estimate of drug-likeness (QED) is 0.415. The van der Waals surface area contributed by atoms with Crippen LogP contribution in [0.5, 0.6) is 0 Å². The van der Waals surface area contributed by atoms with Gasteiger partial charge in [0.1, 0.15) is 0 Å². The molecule has 0 aromatic carbocycles. The lowest BCUT2D eigenvalue weighted by atomic mass is 10.2. The van der Waals surface area contributed by atoms with Gasteiger partial charge in [-0.25, -0.2) is 0 Å². The van der Waals surface area contributed by atoms with E-state index in [1.807, 2.05) is 20.8 Å². The first kappa shape index (κ1) is 18.8. The molecule has 1 atom stereocenters. The van der Waals surface area contributed by atoms with Gasteiger partial charge in [0.15, 0.2) is 5.79 Å². The number of unbranched alkanes of at least 4 members (excludes halogenated alkanes) is 2. The Kier molecular flexibility index (Phi) is 11.6. The van der Waals surface area contributed by atoms with Crippen molar-refractivity contribution in [3.63, 3.8) is 0 Å². The number of aliphatic hydroxyl groups is 1. The molecule has 0 radical (unpaired) electrons. The Morgan fingerprint density at radius 2 is 1.63 bits per heavy atom. The zero-order valence-corrected chi connectivity index (χ0v) is 13.1. The van der Waals surface area contributed by atoms with Crippen LogP contribution < -0.4 is 0 Å². The highest BCUT2D eigenvalue weighted by Gasteiger charge is 2.30. The van der Waals surface area contributed by atoms with Crippen LogP contribution in [0.25, 0.3) is 0 Å². The molecule has 0 aromatic rings. The van der Waals surface area contributed by atoms with Crippen molar-refractivity contribution in [2.75, 3.05) is 26.4 Å². The molecular formula is C15H32O4. The van der Waals surface area contributed by atoms with Gasteiger partial charge in [0, 0.05) is 19.6 Å². The largest absolute Gasteiger partial charge is 0.391 e. The fraction of sp³-hybridized carbons (Fsp3) is 1.00. The molecule has 0 amide bonds. The third-order valence-electron chi connectivity index (χ3n) is 2.92. The van der Waals surface area contributed by atoms with Crippen molar-refractivity contribution in [1.82, 2.24) is 0 Å². The summed E-state index contributed by atoms with van der Waals surface area (Å²) in [5.74, 6) is -0.836. The van der Waals surface area contributed by atoms with E-state index in [-0.39, 0.29) is 12.7 Å². The minimum Gasteiger partial charge on any atom is -0.391 e. The van der Waals surface area contributed by atoms with Crippen molar-refractivity contribution >= 4 is 0 Å². The molecule has 1 N–H and O–H groups in total. The van der Waals surface area contributed by atoms with E-state index in [0.717, 1.165) is 32.5 Å². The van der Waals surface area contributed by atoms with E-state index in [1.165, 1.54) is 6.42 Å².